The van der Waals surface area contributed by atoms with Crippen LogP contribution in [0.1, 0.15) is 53.4 Å². The van der Waals surface area contributed by atoms with Gasteiger partial charge in [0, 0.05) is 11.4 Å². The highest BCUT2D eigenvalue weighted by atomic mass is 32.1. The summed E-state index contributed by atoms with van der Waals surface area (Å²) in [7, 11) is 1.56. The summed E-state index contributed by atoms with van der Waals surface area (Å²) >= 11 is 1.51. The first-order valence-electron chi connectivity index (χ1n) is 10.1. The van der Waals surface area contributed by atoms with Crippen LogP contribution in [0.4, 0.5) is 5.00 Å². The van der Waals surface area contributed by atoms with Crippen LogP contribution < -0.4 is 20.1 Å². The lowest BCUT2D eigenvalue weighted by Gasteiger charge is -2.13. The number of methoxy groups -OCH3 is 1. The van der Waals surface area contributed by atoms with E-state index in [0.29, 0.717) is 28.6 Å². The molecule has 0 bridgehead atoms. The Balaban J connectivity index is 1.71. The largest absolute Gasteiger partial charge is 0.493 e. The number of hydrogen-bond donors (Lipinski definition) is 2. The number of carbonyl (C=O) groups excluding carboxylic acids is 2. The Bertz CT molecular complexity index is 862. The fourth-order valence-electron chi connectivity index (χ4n) is 3.41. The molecule has 0 atom stereocenters. The van der Waals surface area contributed by atoms with Crippen LogP contribution in [-0.4, -0.2) is 32.1 Å². The van der Waals surface area contributed by atoms with E-state index in [9.17, 15) is 9.59 Å². The van der Waals surface area contributed by atoms with Gasteiger partial charge in [0.05, 0.1) is 12.7 Å². The first-order valence-corrected chi connectivity index (χ1v) is 10.9. The zero-order valence-electron chi connectivity index (χ0n) is 17.0. The zero-order chi connectivity index (χ0) is 20.6. The molecule has 0 unspecified atom stereocenters. The molecular weight excluding hydrogens is 388 g/mol. The van der Waals surface area contributed by atoms with E-state index in [-0.39, 0.29) is 18.4 Å². The molecule has 0 aliphatic heterocycles. The minimum absolute atomic E-state index is 0.0983. The number of rotatable bonds is 9. The SMILES string of the molecule is CCCCNC(=O)c1c(NC(=O)COc2ccccc2OC)sc2c1CCCC2. The van der Waals surface area contributed by atoms with Crippen molar-refractivity contribution in [2.45, 2.75) is 45.4 Å². The Morgan fingerprint density at radius 1 is 1.14 bits per heavy atom. The van der Waals surface area contributed by atoms with Crippen LogP contribution in [0.3, 0.4) is 0 Å². The molecule has 1 aliphatic carbocycles. The van der Waals surface area contributed by atoms with E-state index in [1.807, 2.05) is 12.1 Å². The summed E-state index contributed by atoms with van der Waals surface area (Å²) in [5.74, 6) is 0.687. The molecule has 2 aromatic rings. The predicted molar refractivity (Wildman–Crippen MR) is 115 cm³/mol. The van der Waals surface area contributed by atoms with Crippen LogP contribution in [-0.2, 0) is 17.6 Å². The highest BCUT2D eigenvalue weighted by Gasteiger charge is 2.26. The molecule has 156 valence electrons. The second-order valence-electron chi connectivity index (χ2n) is 7.01. The Morgan fingerprint density at radius 3 is 2.66 bits per heavy atom. The van der Waals surface area contributed by atoms with Crippen LogP contribution >= 0.6 is 11.3 Å². The van der Waals surface area contributed by atoms with Crippen molar-refractivity contribution in [1.82, 2.24) is 5.32 Å². The van der Waals surface area contributed by atoms with E-state index in [2.05, 4.69) is 17.6 Å². The molecule has 2 amide bonds. The van der Waals surface area contributed by atoms with Crippen LogP contribution in [0.15, 0.2) is 24.3 Å². The van der Waals surface area contributed by atoms with Crippen molar-refractivity contribution in [2.75, 3.05) is 25.6 Å². The Kier molecular flexibility index (Phi) is 7.52. The van der Waals surface area contributed by atoms with Gasteiger partial charge in [0.25, 0.3) is 11.8 Å². The average molecular weight is 417 g/mol. The number of nitrogens with one attached hydrogen (secondary N) is 2. The fraction of sp³-hybridized carbons (Fsp3) is 0.455. The first-order chi connectivity index (χ1) is 14.1. The zero-order valence-corrected chi connectivity index (χ0v) is 17.8. The number of carbonyl (C=O) groups is 2. The summed E-state index contributed by atoms with van der Waals surface area (Å²) < 4.78 is 10.9. The molecule has 0 radical (unpaired) electrons. The van der Waals surface area contributed by atoms with Crippen molar-refractivity contribution in [3.05, 3.63) is 40.3 Å². The molecule has 1 aromatic carbocycles. The van der Waals surface area contributed by atoms with Crippen LogP contribution in [0, 0.1) is 0 Å². The van der Waals surface area contributed by atoms with Gasteiger partial charge in [-0.05, 0) is 49.8 Å². The van der Waals surface area contributed by atoms with Gasteiger partial charge in [-0.25, -0.2) is 0 Å². The van der Waals surface area contributed by atoms with E-state index in [1.165, 1.54) is 16.2 Å². The Morgan fingerprint density at radius 2 is 1.90 bits per heavy atom. The van der Waals surface area contributed by atoms with Gasteiger partial charge in [-0.2, -0.15) is 0 Å². The monoisotopic (exact) mass is 416 g/mol. The normalized spacial score (nSPS) is 12.8. The second-order valence-corrected chi connectivity index (χ2v) is 8.12. The third-order valence-corrected chi connectivity index (χ3v) is 6.10. The maximum Gasteiger partial charge on any atom is 0.262 e. The van der Waals surface area contributed by atoms with Crippen molar-refractivity contribution in [2.24, 2.45) is 0 Å². The van der Waals surface area contributed by atoms with Gasteiger partial charge in [0.2, 0.25) is 0 Å². The summed E-state index contributed by atoms with van der Waals surface area (Å²) in [5.41, 5.74) is 1.72. The fourth-order valence-corrected chi connectivity index (χ4v) is 4.71. The molecular formula is C22H28N2O4S. The van der Waals surface area contributed by atoms with Crippen molar-refractivity contribution < 1.29 is 19.1 Å². The Labute approximate surface area is 175 Å². The molecule has 1 heterocycles. The summed E-state index contributed by atoms with van der Waals surface area (Å²) in [4.78, 5) is 26.6. The number of unbranched alkanes of at least 4 members (excludes halogenated alkanes) is 1. The van der Waals surface area contributed by atoms with Crippen LogP contribution in [0.5, 0.6) is 11.5 Å². The quantitative estimate of drug-likeness (QED) is 0.601. The van der Waals surface area contributed by atoms with Gasteiger partial charge in [-0.15, -0.1) is 11.3 Å². The van der Waals surface area contributed by atoms with Gasteiger partial charge < -0.3 is 20.1 Å². The predicted octanol–water partition coefficient (Wildman–Crippen LogP) is 4.18. The number of ether oxygens (including phenoxy) is 2. The number of para-hydroxylation sites is 2. The molecule has 0 spiro atoms. The van der Waals surface area contributed by atoms with E-state index in [0.717, 1.165) is 44.1 Å². The van der Waals surface area contributed by atoms with E-state index in [1.54, 1.807) is 19.2 Å². The number of benzene rings is 1. The lowest BCUT2D eigenvalue weighted by molar-refractivity contribution is -0.118. The molecule has 1 aliphatic rings. The molecule has 0 saturated heterocycles. The number of aryl methyl sites for hydroxylation is 1. The minimum Gasteiger partial charge on any atom is -0.493 e. The van der Waals surface area contributed by atoms with E-state index in [4.69, 9.17) is 9.47 Å². The number of anilines is 1. The number of fused-ring (bicyclic) bond motifs is 1. The number of amides is 2. The highest BCUT2D eigenvalue weighted by molar-refractivity contribution is 7.17. The molecule has 29 heavy (non-hydrogen) atoms. The smallest absolute Gasteiger partial charge is 0.262 e. The lowest BCUT2D eigenvalue weighted by atomic mass is 9.95. The van der Waals surface area contributed by atoms with Crippen molar-refractivity contribution in [3.8, 4) is 11.5 Å². The molecule has 0 fully saturated rings. The maximum atomic E-state index is 12.8. The standard InChI is InChI=1S/C22H28N2O4S/c1-3-4-13-23-21(26)20-15-9-5-8-12-18(15)29-22(20)24-19(25)14-28-17-11-7-6-10-16(17)27-2/h6-7,10-11H,3-5,8-9,12-14H2,1-2H3,(H,23,26)(H,24,25). The average Bonchev–Trinajstić information content (AvgIpc) is 3.10. The van der Waals surface area contributed by atoms with Gasteiger partial charge in [0.1, 0.15) is 5.00 Å². The van der Waals surface area contributed by atoms with Crippen molar-refractivity contribution >= 4 is 28.2 Å². The third-order valence-electron chi connectivity index (χ3n) is 4.90. The summed E-state index contributed by atoms with van der Waals surface area (Å²) in [6, 6.07) is 7.19. The summed E-state index contributed by atoms with van der Waals surface area (Å²) in [6.07, 6.45) is 6.00. The number of hydrogen-bond acceptors (Lipinski definition) is 5. The number of thiophene rings is 1. The third kappa shape index (κ3) is 5.29. The van der Waals surface area contributed by atoms with E-state index < -0.39 is 0 Å². The summed E-state index contributed by atoms with van der Waals surface area (Å²) in [6.45, 7) is 2.58. The first kappa shape index (κ1) is 21.2. The van der Waals surface area contributed by atoms with Gasteiger partial charge >= 0.3 is 0 Å². The lowest BCUT2D eigenvalue weighted by Crippen LogP contribution is -2.27. The van der Waals surface area contributed by atoms with Crippen LogP contribution in [0.2, 0.25) is 0 Å². The Hall–Kier alpha value is -2.54. The summed E-state index contributed by atoms with van der Waals surface area (Å²) in [5, 5.41) is 6.52. The minimum atomic E-state index is -0.294. The topological polar surface area (TPSA) is 76.7 Å². The molecule has 3 rings (SSSR count). The van der Waals surface area contributed by atoms with Crippen molar-refractivity contribution in [3.63, 3.8) is 0 Å². The van der Waals surface area contributed by atoms with Gasteiger partial charge in [-0.1, -0.05) is 25.5 Å². The van der Waals surface area contributed by atoms with E-state index >= 15 is 0 Å². The van der Waals surface area contributed by atoms with Crippen molar-refractivity contribution in [1.29, 1.82) is 0 Å². The van der Waals surface area contributed by atoms with Gasteiger partial charge in [-0.3, -0.25) is 9.59 Å². The van der Waals surface area contributed by atoms with Gasteiger partial charge in [0.15, 0.2) is 18.1 Å². The molecule has 0 saturated carbocycles. The molecule has 1 aromatic heterocycles. The molecule has 7 heteroatoms. The molecule has 6 nitrogen and oxygen atoms in total. The van der Waals surface area contributed by atoms with Crippen LogP contribution in [0.25, 0.3) is 0 Å². The molecule has 2 N–H and O–H groups in total. The maximum absolute atomic E-state index is 12.8. The highest BCUT2D eigenvalue weighted by Crippen LogP contribution is 2.38. The second kappa shape index (κ2) is 10.3.